The lowest BCUT2D eigenvalue weighted by Crippen LogP contribution is -1.95. The van der Waals surface area contributed by atoms with Crippen molar-refractivity contribution in [2.45, 2.75) is 0 Å². The van der Waals surface area contributed by atoms with Crippen molar-refractivity contribution in [3.8, 4) is 66.8 Å². The van der Waals surface area contributed by atoms with Crippen molar-refractivity contribution in [1.29, 1.82) is 0 Å². The van der Waals surface area contributed by atoms with Gasteiger partial charge in [0.15, 0.2) is 0 Å². The van der Waals surface area contributed by atoms with E-state index in [1.54, 1.807) is 0 Å². The van der Waals surface area contributed by atoms with Crippen molar-refractivity contribution < 1.29 is 0 Å². The fourth-order valence-corrected chi connectivity index (χ4v) is 9.74. The third kappa shape index (κ3) is 4.03. The predicted octanol–water partition coefficient (Wildman–Crippen LogP) is 15.2. The van der Waals surface area contributed by atoms with Gasteiger partial charge >= 0.3 is 0 Å². The van der Waals surface area contributed by atoms with Crippen LogP contribution in [0, 0.1) is 0 Å². The van der Waals surface area contributed by atoms with E-state index in [0.717, 1.165) is 0 Å². The fourth-order valence-electron chi connectivity index (χ4n) is 9.74. The molecule has 54 heavy (non-hydrogen) atoms. The quantitative estimate of drug-likeness (QED) is 0.128. The molecule has 248 valence electrons. The Labute approximate surface area is 313 Å². The third-order valence-corrected chi connectivity index (χ3v) is 12.0. The molecule has 1 aliphatic rings. The molecule has 0 bridgehead atoms. The molecule has 0 aliphatic heterocycles. The number of benzene rings is 11. The Hall–Kier alpha value is -7.02. The van der Waals surface area contributed by atoms with Gasteiger partial charge < -0.3 is 0 Å². The molecule has 0 saturated carbocycles. The monoisotopic (exact) mass is 680 g/mol. The van der Waals surface area contributed by atoms with Gasteiger partial charge in [-0.3, -0.25) is 0 Å². The SMILES string of the molecule is c1ccc(-c2ccc(-c3c4c(c(-c5ccccc5-c5ccccc5)c5ccccc35)-c3ccc5c6cccc7cccc(c8ccc-4c3c85)c76)cc2)cc1. The molecular formula is C54H32. The zero-order valence-electron chi connectivity index (χ0n) is 29.5. The first-order valence-corrected chi connectivity index (χ1v) is 18.9. The molecule has 0 unspecified atom stereocenters. The van der Waals surface area contributed by atoms with Gasteiger partial charge in [-0.15, -0.1) is 0 Å². The van der Waals surface area contributed by atoms with Crippen LogP contribution in [0.5, 0.6) is 0 Å². The molecule has 0 fully saturated rings. The van der Waals surface area contributed by atoms with Crippen LogP contribution in [0.3, 0.4) is 0 Å². The summed E-state index contributed by atoms with van der Waals surface area (Å²) in [6.07, 6.45) is 0. The lowest BCUT2D eigenvalue weighted by Gasteiger charge is -2.22. The number of fused-ring (bicyclic) bond motifs is 6. The summed E-state index contributed by atoms with van der Waals surface area (Å²) >= 11 is 0. The highest BCUT2D eigenvalue weighted by molar-refractivity contribution is 6.39. The lowest BCUT2D eigenvalue weighted by molar-refractivity contribution is 1.58. The summed E-state index contributed by atoms with van der Waals surface area (Å²) in [5.41, 5.74) is 15.3. The largest absolute Gasteiger partial charge is 0.0622 e. The van der Waals surface area contributed by atoms with Gasteiger partial charge in [0.25, 0.3) is 0 Å². The van der Waals surface area contributed by atoms with Gasteiger partial charge in [0.1, 0.15) is 0 Å². The molecule has 0 spiro atoms. The van der Waals surface area contributed by atoms with Crippen LogP contribution in [-0.4, -0.2) is 0 Å². The van der Waals surface area contributed by atoms with Gasteiger partial charge in [-0.2, -0.15) is 0 Å². The van der Waals surface area contributed by atoms with Crippen molar-refractivity contribution in [1.82, 2.24) is 0 Å². The molecule has 12 rings (SSSR count). The van der Waals surface area contributed by atoms with Gasteiger partial charge in [0, 0.05) is 0 Å². The Morgan fingerprint density at radius 3 is 1.30 bits per heavy atom. The molecule has 0 aromatic heterocycles. The second-order valence-corrected chi connectivity index (χ2v) is 14.7. The van der Waals surface area contributed by atoms with Crippen molar-refractivity contribution in [3.63, 3.8) is 0 Å². The minimum absolute atomic E-state index is 1.23. The first-order valence-electron chi connectivity index (χ1n) is 18.9. The van der Waals surface area contributed by atoms with E-state index in [0.29, 0.717) is 0 Å². The standard InChI is InChI=1S/C54H32/c1-3-13-33(14-4-1)34-25-27-37(28-26-34)49-42-21-9-10-22-43(42)51(39-20-8-7-19-38(39)35-15-5-2-6-16-35)54-47-32-30-45-41-24-12-18-36-17-11-23-40(48(36)41)44-29-31-46(53(49)54)52(47)50(44)45/h1-32H. The highest BCUT2D eigenvalue weighted by atomic mass is 14.3. The smallest absolute Gasteiger partial charge is 0.000718 e. The molecular weight excluding hydrogens is 649 g/mol. The molecule has 1 aliphatic carbocycles. The summed E-state index contributed by atoms with van der Waals surface area (Å²) in [4.78, 5) is 0. The van der Waals surface area contributed by atoms with Crippen LogP contribution in [0.2, 0.25) is 0 Å². The average Bonchev–Trinajstić information content (AvgIpc) is 3.58. The molecule has 11 aromatic carbocycles. The fraction of sp³-hybridized carbons (Fsp3) is 0. The Morgan fingerprint density at radius 2 is 0.648 bits per heavy atom. The van der Waals surface area contributed by atoms with E-state index >= 15 is 0 Å². The molecule has 0 saturated heterocycles. The Bertz CT molecular complexity index is 3230. The van der Waals surface area contributed by atoms with Crippen LogP contribution >= 0.6 is 0 Å². The summed E-state index contributed by atoms with van der Waals surface area (Å²) in [6, 6.07) is 72.1. The van der Waals surface area contributed by atoms with Crippen LogP contribution in [0.25, 0.3) is 121 Å². The summed E-state index contributed by atoms with van der Waals surface area (Å²) in [5, 5.41) is 13.2. The van der Waals surface area contributed by atoms with E-state index in [-0.39, 0.29) is 0 Å². The average molecular weight is 681 g/mol. The van der Waals surface area contributed by atoms with Crippen LogP contribution in [0.1, 0.15) is 0 Å². The minimum Gasteiger partial charge on any atom is -0.0622 e. The van der Waals surface area contributed by atoms with E-state index in [9.17, 15) is 0 Å². The molecule has 0 radical (unpaired) electrons. The highest BCUT2D eigenvalue weighted by Gasteiger charge is 2.32. The summed E-state index contributed by atoms with van der Waals surface area (Å²) in [7, 11) is 0. The topological polar surface area (TPSA) is 0 Å². The Morgan fingerprint density at radius 1 is 0.185 bits per heavy atom. The molecule has 0 nitrogen and oxygen atoms in total. The van der Waals surface area contributed by atoms with Gasteiger partial charge in [-0.1, -0.05) is 194 Å². The van der Waals surface area contributed by atoms with Crippen molar-refractivity contribution in [2.75, 3.05) is 0 Å². The van der Waals surface area contributed by atoms with Crippen molar-refractivity contribution in [2.24, 2.45) is 0 Å². The maximum atomic E-state index is 2.43. The van der Waals surface area contributed by atoms with E-state index in [4.69, 9.17) is 0 Å². The summed E-state index contributed by atoms with van der Waals surface area (Å²) in [6.45, 7) is 0. The second-order valence-electron chi connectivity index (χ2n) is 14.7. The molecule has 0 heterocycles. The van der Waals surface area contributed by atoms with E-state index in [1.165, 1.54) is 121 Å². The Balaban J connectivity index is 1.25. The number of hydrogen-bond donors (Lipinski definition) is 0. The zero-order chi connectivity index (χ0) is 35.3. The third-order valence-electron chi connectivity index (χ3n) is 12.0. The second kappa shape index (κ2) is 11.2. The van der Waals surface area contributed by atoms with Gasteiger partial charge in [0.05, 0.1) is 0 Å². The first-order chi connectivity index (χ1) is 26.8. The molecule has 0 heteroatoms. The number of rotatable bonds is 4. The van der Waals surface area contributed by atoms with Crippen molar-refractivity contribution in [3.05, 3.63) is 194 Å². The maximum Gasteiger partial charge on any atom is -0.000718 e. The summed E-state index contributed by atoms with van der Waals surface area (Å²) in [5.74, 6) is 0. The van der Waals surface area contributed by atoms with Crippen LogP contribution in [-0.2, 0) is 0 Å². The van der Waals surface area contributed by atoms with Crippen LogP contribution in [0.15, 0.2) is 194 Å². The Kier molecular flexibility index (Phi) is 6.15. The van der Waals surface area contributed by atoms with E-state index in [1.807, 2.05) is 0 Å². The number of hydrogen-bond acceptors (Lipinski definition) is 0. The van der Waals surface area contributed by atoms with E-state index < -0.39 is 0 Å². The predicted molar refractivity (Wildman–Crippen MR) is 231 cm³/mol. The van der Waals surface area contributed by atoms with Gasteiger partial charge in [-0.25, -0.2) is 0 Å². The molecule has 0 atom stereocenters. The molecule has 0 amide bonds. The highest BCUT2D eigenvalue weighted by Crippen LogP contribution is 2.60. The van der Waals surface area contributed by atoms with Crippen molar-refractivity contribution >= 4 is 53.9 Å². The van der Waals surface area contributed by atoms with Crippen LogP contribution < -0.4 is 0 Å². The normalized spacial score (nSPS) is 12.1. The maximum absolute atomic E-state index is 2.43. The molecule has 0 N–H and O–H groups in total. The van der Waals surface area contributed by atoms with E-state index in [2.05, 4.69) is 194 Å². The van der Waals surface area contributed by atoms with Gasteiger partial charge in [0.2, 0.25) is 0 Å². The first kappa shape index (κ1) is 29.5. The zero-order valence-corrected chi connectivity index (χ0v) is 29.5. The molecule has 11 aromatic rings. The minimum atomic E-state index is 1.23. The van der Waals surface area contributed by atoms with Crippen LogP contribution in [0.4, 0.5) is 0 Å². The lowest BCUT2D eigenvalue weighted by atomic mass is 9.81. The summed E-state index contributed by atoms with van der Waals surface area (Å²) < 4.78 is 0. The van der Waals surface area contributed by atoms with Gasteiger partial charge in [-0.05, 0) is 121 Å².